The van der Waals surface area contributed by atoms with Crippen molar-refractivity contribution in [2.75, 3.05) is 0 Å². The van der Waals surface area contributed by atoms with Gasteiger partial charge in [-0.3, -0.25) is 9.63 Å². The van der Waals surface area contributed by atoms with Crippen LogP contribution in [0.4, 0.5) is 4.39 Å². The SMILES string of the molecule is CC(C)(C(=O)NOCc1ccc(F)cc1Cl)c1ccccc1. The summed E-state index contributed by atoms with van der Waals surface area (Å²) in [5.41, 5.74) is 3.18. The minimum absolute atomic E-state index is 0.0652. The van der Waals surface area contributed by atoms with E-state index in [0.29, 0.717) is 5.56 Å². The summed E-state index contributed by atoms with van der Waals surface area (Å²) in [7, 11) is 0. The van der Waals surface area contributed by atoms with Gasteiger partial charge in [0.25, 0.3) is 5.91 Å². The van der Waals surface area contributed by atoms with Crippen molar-refractivity contribution in [2.45, 2.75) is 25.9 Å². The number of nitrogens with one attached hydrogen (secondary N) is 1. The van der Waals surface area contributed by atoms with Crippen LogP contribution in [0.1, 0.15) is 25.0 Å². The van der Waals surface area contributed by atoms with Gasteiger partial charge >= 0.3 is 0 Å². The van der Waals surface area contributed by atoms with E-state index < -0.39 is 11.2 Å². The summed E-state index contributed by atoms with van der Waals surface area (Å²) in [6.45, 7) is 3.69. The van der Waals surface area contributed by atoms with Crippen LogP contribution in [-0.2, 0) is 21.7 Å². The quantitative estimate of drug-likeness (QED) is 0.845. The maximum atomic E-state index is 12.9. The zero-order valence-corrected chi connectivity index (χ0v) is 13.2. The van der Waals surface area contributed by atoms with Gasteiger partial charge in [-0.05, 0) is 37.1 Å². The Morgan fingerprint density at radius 1 is 1.23 bits per heavy atom. The van der Waals surface area contributed by atoms with E-state index in [0.717, 1.165) is 5.56 Å². The van der Waals surface area contributed by atoms with Gasteiger partial charge < -0.3 is 0 Å². The van der Waals surface area contributed by atoms with Gasteiger partial charge in [0, 0.05) is 5.02 Å². The van der Waals surface area contributed by atoms with Crippen LogP contribution in [0.3, 0.4) is 0 Å². The zero-order valence-electron chi connectivity index (χ0n) is 12.4. The van der Waals surface area contributed by atoms with Crippen molar-refractivity contribution in [2.24, 2.45) is 0 Å². The molecule has 2 rings (SSSR count). The summed E-state index contributed by atoms with van der Waals surface area (Å²) in [5.74, 6) is -0.681. The molecule has 0 aromatic heterocycles. The van der Waals surface area contributed by atoms with Gasteiger partial charge in [-0.25, -0.2) is 9.87 Å². The Kier molecular flexibility index (Phi) is 5.16. The maximum absolute atomic E-state index is 12.9. The molecule has 0 aliphatic rings. The largest absolute Gasteiger partial charge is 0.272 e. The number of hydrogen-bond donors (Lipinski definition) is 1. The van der Waals surface area contributed by atoms with E-state index in [2.05, 4.69) is 5.48 Å². The highest BCUT2D eigenvalue weighted by atomic mass is 35.5. The summed E-state index contributed by atoms with van der Waals surface area (Å²) >= 11 is 5.90. The van der Waals surface area contributed by atoms with Crippen LogP contribution in [-0.4, -0.2) is 5.91 Å². The number of carbonyl (C=O) groups is 1. The summed E-state index contributed by atoms with van der Waals surface area (Å²) in [5, 5.41) is 0.261. The molecule has 3 nitrogen and oxygen atoms in total. The number of rotatable bonds is 5. The second kappa shape index (κ2) is 6.90. The normalized spacial score (nSPS) is 11.3. The molecule has 0 bridgehead atoms. The van der Waals surface area contributed by atoms with Gasteiger partial charge in [0.15, 0.2) is 0 Å². The molecule has 0 unspecified atom stereocenters. The molecule has 116 valence electrons. The maximum Gasteiger partial charge on any atom is 0.253 e. The van der Waals surface area contributed by atoms with Crippen LogP contribution in [0.15, 0.2) is 48.5 Å². The molecule has 0 heterocycles. The molecule has 0 spiro atoms. The highest BCUT2D eigenvalue weighted by Gasteiger charge is 2.29. The van der Waals surface area contributed by atoms with Crippen molar-refractivity contribution in [1.82, 2.24) is 5.48 Å². The molecule has 0 radical (unpaired) electrons. The lowest BCUT2D eigenvalue weighted by Crippen LogP contribution is -2.39. The topological polar surface area (TPSA) is 38.3 Å². The molecule has 5 heteroatoms. The molecular weight excluding hydrogens is 305 g/mol. The summed E-state index contributed by atoms with van der Waals surface area (Å²) in [4.78, 5) is 17.5. The van der Waals surface area contributed by atoms with Gasteiger partial charge in [-0.15, -0.1) is 0 Å². The number of benzene rings is 2. The first-order valence-corrected chi connectivity index (χ1v) is 7.21. The molecule has 2 aromatic rings. The Morgan fingerprint density at radius 3 is 2.55 bits per heavy atom. The molecule has 1 N–H and O–H groups in total. The molecule has 0 aliphatic heterocycles. The summed E-state index contributed by atoms with van der Waals surface area (Å²) in [6, 6.07) is 13.4. The van der Waals surface area contributed by atoms with Crippen LogP contribution >= 0.6 is 11.6 Å². The Hall–Kier alpha value is -1.91. The van der Waals surface area contributed by atoms with Gasteiger partial charge in [-0.1, -0.05) is 48.0 Å². The molecule has 22 heavy (non-hydrogen) atoms. The summed E-state index contributed by atoms with van der Waals surface area (Å²) in [6.07, 6.45) is 0. The van der Waals surface area contributed by atoms with Crippen molar-refractivity contribution < 1.29 is 14.0 Å². The third-order valence-corrected chi connectivity index (χ3v) is 3.82. The van der Waals surface area contributed by atoms with E-state index in [1.54, 1.807) is 0 Å². The third-order valence-electron chi connectivity index (χ3n) is 3.47. The molecule has 0 saturated heterocycles. The highest BCUT2D eigenvalue weighted by Crippen LogP contribution is 2.23. The number of amides is 1. The Bertz CT molecular complexity index is 659. The number of hydrogen-bond acceptors (Lipinski definition) is 2. The van der Waals surface area contributed by atoms with Crippen LogP contribution in [0.5, 0.6) is 0 Å². The first kappa shape index (κ1) is 16.5. The number of carbonyl (C=O) groups excluding carboxylic acids is 1. The Labute approximate surface area is 134 Å². The van der Waals surface area contributed by atoms with Crippen LogP contribution < -0.4 is 5.48 Å². The lowest BCUT2D eigenvalue weighted by atomic mass is 9.84. The second-order valence-electron chi connectivity index (χ2n) is 5.45. The predicted octanol–water partition coefficient (Wildman–Crippen LogP) is 4.00. The van der Waals surface area contributed by atoms with Crippen LogP contribution in [0.25, 0.3) is 0 Å². The average molecular weight is 322 g/mol. The molecule has 0 atom stereocenters. The van der Waals surface area contributed by atoms with Crippen molar-refractivity contribution in [3.05, 3.63) is 70.5 Å². The average Bonchev–Trinajstić information content (AvgIpc) is 2.50. The standard InChI is InChI=1S/C17H17ClFNO2/c1-17(2,13-6-4-3-5-7-13)16(21)20-22-11-12-8-9-14(19)10-15(12)18/h3-10H,11H2,1-2H3,(H,20,21). The first-order chi connectivity index (χ1) is 10.4. The lowest BCUT2D eigenvalue weighted by molar-refractivity contribution is -0.139. The van der Waals surface area contributed by atoms with Gasteiger partial charge in [-0.2, -0.15) is 0 Å². The molecule has 2 aromatic carbocycles. The van der Waals surface area contributed by atoms with E-state index in [-0.39, 0.29) is 17.5 Å². The van der Waals surface area contributed by atoms with Crippen molar-refractivity contribution in [1.29, 1.82) is 0 Å². The van der Waals surface area contributed by atoms with E-state index in [4.69, 9.17) is 16.4 Å². The molecule has 1 amide bonds. The van der Waals surface area contributed by atoms with E-state index in [1.807, 2.05) is 44.2 Å². The predicted molar refractivity (Wildman–Crippen MR) is 83.8 cm³/mol. The first-order valence-electron chi connectivity index (χ1n) is 6.83. The molecule has 0 aliphatic carbocycles. The monoisotopic (exact) mass is 321 g/mol. The Balaban J connectivity index is 1.95. The number of halogens is 2. The highest BCUT2D eigenvalue weighted by molar-refractivity contribution is 6.31. The van der Waals surface area contributed by atoms with E-state index in [9.17, 15) is 9.18 Å². The van der Waals surface area contributed by atoms with Crippen molar-refractivity contribution >= 4 is 17.5 Å². The fourth-order valence-corrected chi connectivity index (χ4v) is 2.15. The fourth-order valence-electron chi connectivity index (χ4n) is 1.93. The minimum Gasteiger partial charge on any atom is -0.272 e. The number of hydroxylamine groups is 1. The van der Waals surface area contributed by atoms with Crippen molar-refractivity contribution in [3.63, 3.8) is 0 Å². The third kappa shape index (κ3) is 3.84. The van der Waals surface area contributed by atoms with Crippen LogP contribution in [0.2, 0.25) is 5.02 Å². The molecule has 0 fully saturated rings. The smallest absolute Gasteiger partial charge is 0.253 e. The Morgan fingerprint density at radius 2 is 1.91 bits per heavy atom. The zero-order chi connectivity index (χ0) is 16.2. The van der Waals surface area contributed by atoms with Gasteiger partial charge in [0.2, 0.25) is 0 Å². The van der Waals surface area contributed by atoms with E-state index >= 15 is 0 Å². The lowest BCUT2D eigenvalue weighted by Gasteiger charge is -2.23. The van der Waals surface area contributed by atoms with Gasteiger partial charge in [0.05, 0.1) is 5.41 Å². The molecular formula is C17H17ClFNO2. The van der Waals surface area contributed by atoms with Crippen LogP contribution in [0, 0.1) is 5.82 Å². The molecule has 0 saturated carbocycles. The fraction of sp³-hybridized carbons (Fsp3) is 0.235. The van der Waals surface area contributed by atoms with E-state index in [1.165, 1.54) is 18.2 Å². The van der Waals surface area contributed by atoms with Gasteiger partial charge in [0.1, 0.15) is 12.4 Å². The van der Waals surface area contributed by atoms with Crippen molar-refractivity contribution in [3.8, 4) is 0 Å². The minimum atomic E-state index is -0.728. The summed E-state index contributed by atoms with van der Waals surface area (Å²) < 4.78 is 12.9. The second-order valence-corrected chi connectivity index (χ2v) is 5.85.